The number of rotatable bonds is 7. The van der Waals surface area contributed by atoms with E-state index in [-0.39, 0.29) is 11.7 Å². The van der Waals surface area contributed by atoms with Crippen LogP contribution in [-0.4, -0.2) is 48.7 Å². The number of aromatic nitrogens is 1. The molecule has 0 saturated carbocycles. The molecule has 1 amide bonds. The van der Waals surface area contributed by atoms with E-state index < -0.39 is 0 Å². The van der Waals surface area contributed by atoms with Gasteiger partial charge in [-0.1, -0.05) is 11.2 Å². The highest BCUT2D eigenvalue weighted by atomic mass is 19.1. The van der Waals surface area contributed by atoms with E-state index in [2.05, 4.69) is 22.2 Å². The van der Waals surface area contributed by atoms with Gasteiger partial charge in [-0.15, -0.1) is 0 Å². The van der Waals surface area contributed by atoms with Gasteiger partial charge in [0.2, 0.25) is 5.91 Å². The number of benzene rings is 2. The van der Waals surface area contributed by atoms with Crippen molar-refractivity contribution in [3.05, 3.63) is 53.0 Å². The third-order valence-electron chi connectivity index (χ3n) is 7.65. The van der Waals surface area contributed by atoms with Gasteiger partial charge in [-0.3, -0.25) is 4.79 Å². The van der Waals surface area contributed by atoms with E-state index in [9.17, 15) is 9.18 Å². The largest absolute Gasteiger partial charge is 0.493 e. The minimum atomic E-state index is -0.290. The molecule has 0 bridgehead atoms. The number of unbranched alkanes of at least 4 members (excludes halogenated alkanes) is 1. The molecule has 3 aliphatic rings. The van der Waals surface area contributed by atoms with E-state index >= 15 is 0 Å². The maximum atomic E-state index is 13.4. The molecule has 3 aromatic rings. The minimum Gasteiger partial charge on any atom is -0.493 e. The molecule has 0 aliphatic carbocycles. The van der Waals surface area contributed by atoms with Crippen molar-refractivity contribution < 1.29 is 18.4 Å². The topological polar surface area (TPSA) is 58.8 Å². The Labute approximate surface area is 198 Å². The number of carbonyl (C=O) groups excluding carboxylic acids is 1. The van der Waals surface area contributed by atoms with Crippen molar-refractivity contribution in [2.45, 2.75) is 50.9 Å². The second-order valence-corrected chi connectivity index (χ2v) is 9.73. The number of halogens is 1. The Hall–Kier alpha value is -2.93. The molecule has 0 radical (unpaired) electrons. The Morgan fingerprint density at radius 1 is 1.06 bits per heavy atom. The van der Waals surface area contributed by atoms with Crippen LogP contribution in [0.25, 0.3) is 11.0 Å². The number of hydrogen-bond acceptors (Lipinski definition) is 5. The predicted octanol–water partition coefficient (Wildman–Crippen LogP) is 4.84. The Morgan fingerprint density at radius 2 is 1.94 bits per heavy atom. The van der Waals surface area contributed by atoms with Crippen LogP contribution in [0.2, 0.25) is 0 Å². The zero-order valence-electron chi connectivity index (χ0n) is 19.4. The highest BCUT2D eigenvalue weighted by Gasteiger charge is 2.33. The summed E-state index contributed by atoms with van der Waals surface area (Å²) in [6, 6.07) is 8.91. The van der Waals surface area contributed by atoms with E-state index in [1.807, 2.05) is 4.90 Å². The van der Waals surface area contributed by atoms with E-state index in [0.717, 1.165) is 87.2 Å². The molecule has 1 saturated heterocycles. The van der Waals surface area contributed by atoms with Crippen LogP contribution in [0.4, 0.5) is 10.1 Å². The smallest absolute Gasteiger partial charge is 0.227 e. The number of fused-ring (bicyclic) bond motifs is 1. The molecular weight excluding hydrogens is 433 g/mol. The Balaban J connectivity index is 0.966. The summed E-state index contributed by atoms with van der Waals surface area (Å²) < 4.78 is 24.9. The monoisotopic (exact) mass is 463 g/mol. The van der Waals surface area contributed by atoms with Gasteiger partial charge in [0.25, 0.3) is 0 Å². The fraction of sp³-hybridized carbons (Fsp3) is 0.481. The van der Waals surface area contributed by atoms with E-state index in [4.69, 9.17) is 9.26 Å². The number of nitrogens with zero attached hydrogens (tertiary/aromatic N) is 3. The van der Waals surface area contributed by atoms with E-state index in [1.165, 1.54) is 23.3 Å². The van der Waals surface area contributed by atoms with Crippen molar-refractivity contribution in [2.75, 3.05) is 37.7 Å². The lowest BCUT2D eigenvalue weighted by Crippen LogP contribution is -2.34. The summed E-state index contributed by atoms with van der Waals surface area (Å²) in [6.07, 6.45) is 6.53. The summed E-state index contributed by atoms with van der Waals surface area (Å²) in [5, 5.41) is 5.19. The Bertz CT molecular complexity index is 1220. The highest BCUT2D eigenvalue weighted by molar-refractivity contribution is 5.99. The SMILES string of the molecule is O=C1CCc2c(OCCCCN3CCC(c4noc5cc(F)ccc45)CC3)ccc3c2N1CC3. The summed E-state index contributed by atoms with van der Waals surface area (Å²) >= 11 is 0. The number of amides is 1. The molecule has 0 N–H and O–H groups in total. The van der Waals surface area contributed by atoms with Crippen molar-refractivity contribution >= 4 is 22.6 Å². The second kappa shape index (κ2) is 9.02. The summed E-state index contributed by atoms with van der Waals surface area (Å²) in [4.78, 5) is 16.7. The number of ether oxygens (including phenoxy) is 1. The zero-order chi connectivity index (χ0) is 23.1. The first-order valence-corrected chi connectivity index (χ1v) is 12.5. The molecule has 0 atom stereocenters. The lowest BCUT2D eigenvalue weighted by atomic mass is 9.91. The van der Waals surface area contributed by atoms with Crippen molar-refractivity contribution in [1.29, 1.82) is 0 Å². The average Bonchev–Trinajstić information content (AvgIpc) is 3.47. The molecule has 6 nitrogen and oxygen atoms in total. The van der Waals surface area contributed by atoms with E-state index in [1.54, 1.807) is 6.07 Å². The van der Waals surface area contributed by atoms with Gasteiger partial charge in [0.05, 0.1) is 18.0 Å². The fourth-order valence-corrected chi connectivity index (χ4v) is 5.82. The molecule has 2 aromatic carbocycles. The van der Waals surface area contributed by atoms with Gasteiger partial charge in [-0.2, -0.15) is 0 Å². The summed E-state index contributed by atoms with van der Waals surface area (Å²) in [7, 11) is 0. The molecular formula is C27H30FN3O3. The summed E-state index contributed by atoms with van der Waals surface area (Å²) in [5.74, 6) is 1.28. The number of piperidine rings is 1. The molecule has 0 spiro atoms. The quantitative estimate of drug-likeness (QED) is 0.469. The van der Waals surface area contributed by atoms with Crippen molar-refractivity contribution in [2.24, 2.45) is 0 Å². The van der Waals surface area contributed by atoms with Crippen molar-refractivity contribution in [3.8, 4) is 5.75 Å². The maximum Gasteiger partial charge on any atom is 0.227 e. The predicted molar refractivity (Wildman–Crippen MR) is 128 cm³/mol. The molecule has 1 aromatic heterocycles. The van der Waals surface area contributed by atoms with Gasteiger partial charge < -0.3 is 19.1 Å². The molecule has 4 heterocycles. The van der Waals surface area contributed by atoms with Crippen LogP contribution in [0.5, 0.6) is 5.75 Å². The zero-order valence-corrected chi connectivity index (χ0v) is 19.4. The van der Waals surface area contributed by atoms with Crippen LogP contribution >= 0.6 is 0 Å². The first kappa shape index (κ1) is 21.6. The van der Waals surface area contributed by atoms with Gasteiger partial charge in [-0.05, 0) is 81.9 Å². The normalized spacial score (nSPS) is 18.6. The third kappa shape index (κ3) is 3.96. The third-order valence-corrected chi connectivity index (χ3v) is 7.65. The van der Waals surface area contributed by atoms with Crippen LogP contribution in [-0.2, 0) is 17.6 Å². The maximum absolute atomic E-state index is 13.4. The standard InChI is InChI=1S/C27H30FN3O3/c28-20-4-5-21-24(17-20)34-29-26(21)18-9-13-30(14-10-18)12-1-2-16-33-23-7-3-19-11-15-31-25(32)8-6-22(23)27(19)31/h3-5,7,17-18H,1-2,6,8-16H2. The Kier molecular flexibility index (Phi) is 5.73. The van der Waals surface area contributed by atoms with Crippen LogP contribution in [0.3, 0.4) is 0 Å². The Morgan fingerprint density at radius 3 is 2.82 bits per heavy atom. The lowest BCUT2D eigenvalue weighted by molar-refractivity contribution is -0.118. The lowest BCUT2D eigenvalue weighted by Gasteiger charge is -2.31. The number of likely N-dealkylation sites (tertiary alicyclic amines) is 1. The molecule has 1 fully saturated rings. The van der Waals surface area contributed by atoms with E-state index in [0.29, 0.717) is 24.5 Å². The molecule has 0 unspecified atom stereocenters. The second-order valence-electron chi connectivity index (χ2n) is 9.73. The minimum absolute atomic E-state index is 0.248. The van der Waals surface area contributed by atoms with Gasteiger partial charge in [0.15, 0.2) is 5.58 Å². The van der Waals surface area contributed by atoms with Crippen LogP contribution < -0.4 is 9.64 Å². The van der Waals surface area contributed by atoms with Crippen LogP contribution in [0, 0.1) is 5.82 Å². The van der Waals surface area contributed by atoms with Gasteiger partial charge >= 0.3 is 0 Å². The summed E-state index contributed by atoms with van der Waals surface area (Å²) in [5.41, 5.74) is 5.14. The van der Waals surface area contributed by atoms with Crippen molar-refractivity contribution in [3.63, 3.8) is 0 Å². The van der Waals surface area contributed by atoms with Gasteiger partial charge in [-0.25, -0.2) is 4.39 Å². The number of anilines is 1. The number of hydrogen-bond donors (Lipinski definition) is 0. The first-order valence-electron chi connectivity index (χ1n) is 12.5. The van der Waals surface area contributed by atoms with Crippen LogP contribution in [0.1, 0.15) is 54.8 Å². The molecule has 3 aliphatic heterocycles. The van der Waals surface area contributed by atoms with Gasteiger partial charge in [0.1, 0.15) is 11.6 Å². The molecule has 7 heteroatoms. The molecule has 34 heavy (non-hydrogen) atoms. The first-order chi connectivity index (χ1) is 16.7. The fourth-order valence-electron chi connectivity index (χ4n) is 5.82. The van der Waals surface area contributed by atoms with Crippen molar-refractivity contribution in [1.82, 2.24) is 10.1 Å². The van der Waals surface area contributed by atoms with Crippen LogP contribution in [0.15, 0.2) is 34.9 Å². The number of carbonyl (C=O) groups is 1. The summed E-state index contributed by atoms with van der Waals surface area (Å²) in [6.45, 7) is 4.67. The molecule has 178 valence electrons. The molecule has 6 rings (SSSR count). The average molecular weight is 464 g/mol. The highest BCUT2D eigenvalue weighted by Crippen LogP contribution is 2.41. The van der Waals surface area contributed by atoms with Gasteiger partial charge in [0, 0.05) is 35.9 Å².